The molecule has 1 aliphatic rings. The van der Waals surface area contributed by atoms with E-state index in [0.29, 0.717) is 5.41 Å². The number of rotatable bonds is 8. The van der Waals surface area contributed by atoms with E-state index in [1.54, 1.807) is 7.11 Å². The Labute approximate surface area is 183 Å². The maximum Gasteiger partial charge on any atom is 0.191 e. The summed E-state index contributed by atoms with van der Waals surface area (Å²) in [6.45, 7) is 2.61. The first kappa shape index (κ1) is 22.3. The number of H-pyrrole nitrogens is 1. The van der Waals surface area contributed by atoms with E-state index in [1.807, 2.05) is 25.2 Å². The summed E-state index contributed by atoms with van der Waals surface area (Å²) >= 11 is 6.13. The highest BCUT2D eigenvalue weighted by Crippen LogP contribution is 2.43. The minimum absolute atomic E-state index is 0. The molecule has 27 heavy (non-hydrogen) atoms. The average Bonchev–Trinajstić information content (AvgIpc) is 3.01. The fraction of sp³-hybridized carbons (Fsp3) is 0.550. The molecule has 150 valence electrons. The molecule has 3 N–H and O–H groups in total. The molecule has 0 radical (unpaired) electrons. The number of methoxy groups -OCH3 is 1. The van der Waals surface area contributed by atoms with Crippen molar-refractivity contribution in [2.24, 2.45) is 10.4 Å². The van der Waals surface area contributed by atoms with Gasteiger partial charge in [0.05, 0.1) is 0 Å². The Bertz CT molecular complexity index is 758. The second kappa shape index (κ2) is 10.5. The van der Waals surface area contributed by atoms with Gasteiger partial charge in [0.2, 0.25) is 0 Å². The molecule has 1 aliphatic carbocycles. The lowest BCUT2D eigenvalue weighted by molar-refractivity contribution is 0.0732. The summed E-state index contributed by atoms with van der Waals surface area (Å²) in [5.74, 6) is 0.867. The summed E-state index contributed by atoms with van der Waals surface area (Å²) in [5, 5.41) is 8.89. The smallest absolute Gasteiger partial charge is 0.191 e. The number of hydrogen-bond acceptors (Lipinski definition) is 2. The van der Waals surface area contributed by atoms with Gasteiger partial charge in [-0.05, 0) is 54.9 Å². The van der Waals surface area contributed by atoms with Gasteiger partial charge in [-0.1, -0.05) is 18.0 Å². The van der Waals surface area contributed by atoms with Crippen molar-refractivity contribution < 1.29 is 4.74 Å². The van der Waals surface area contributed by atoms with Crippen molar-refractivity contribution in [1.29, 1.82) is 0 Å². The predicted octanol–water partition coefficient (Wildman–Crippen LogP) is 4.35. The van der Waals surface area contributed by atoms with Gasteiger partial charge in [0.1, 0.15) is 0 Å². The number of halogens is 2. The molecule has 0 bridgehead atoms. The quantitative estimate of drug-likeness (QED) is 0.284. The largest absolute Gasteiger partial charge is 0.385 e. The maximum absolute atomic E-state index is 6.13. The normalized spacial score (nSPS) is 15.9. The average molecular weight is 505 g/mol. The van der Waals surface area contributed by atoms with E-state index >= 15 is 0 Å². The molecule has 0 unspecified atom stereocenters. The lowest BCUT2D eigenvalue weighted by atomic mass is 9.67. The Morgan fingerprint density at radius 2 is 2.15 bits per heavy atom. The van der Waals surface area contributed by atoms with Crippen LogP contribution < -0.4 is 10.6 Å². The standard InChI is InChI=1S/C20H29ClN4O.HI/c1-22-19(25-14-20(7-3-8-20)9-11-26-2)23-10-6-15-13-24-18-5-4-16(21)12-17(15)18;/h4-5,12-13,24H,3,6-11,14H2,1-2H3,(H2,22,23,25);1H. The van der Waals surface area contributed by atoms with Gasteiger partial charge in [-0.2, -0.15) is 0 Å². The minimum atomic E-state index is 0. The lowest BCUT2D eigenvalue weighted by Gasteiger charge is -2.42. The van der Waals surface area contributed by atoms with E-state index < -0.39 is 0 Å². The van der Waals surface area contributed by atoms with Crippen molar-refractivity contribution in [2.45, 2.75) is 32.1 Å². The molecular formula is C20H30ClIN4O. The highest BCUT2D eigenvalue weighted by molar-refractivity contribution is 14.0. The number of hydrogen-bond donors (Lipinski definition) is 3. The predicted molar refractivity (Wildman–Crippen MR) is 125 cm³/mol. The molecule has 0 spiro atoms. The van der Waals surface area contributed by atoms with Crippen LogP contribution in [-0.4, -0.2) is 44.8 Å². The van der Waals surface area contributed by atoms with Gasteiger partial charge in [-0.25, -0.2) is 0 Å². The molecule has 0 aliphatic heterocycles. The van der Waals surface area contributed by atoms with Crippen molar-refractivity contribution in [2.75, 3.05) is 33.9 Å². The van der Waals surface area contributed by atoms with Crippen LogP contribution in [0.25, 0.3) is 10.9 Å². The fourth-order valence-corrected chi connectivity index (χ4v) is 3.85. The molecule has 5 nitrogen and oxygen atoms in total. The number of aromatic amines is 1. The summed E-state index contributed by atoms with van der Waals surface area (Å²) in [7, 11) is 3.60. The zero-order valence-corrected chi connectivity index (χ0v) is 19.2. The summed E-state index contributed by atoms with van der Waals surface area (Å²) in [4.78, 5) is 7.66. The van der Waals surface area contributed by atoms with Gasteiger partial charge >= 0.3 is 0 Å². The van der Waals surface area contributed by atoms with Gasteiger partial charge in [0.15, 0.2) is 5.96 Å². The molecule has 1 aromatic heterocycles. The van der Waals surface area contributed by atoms with Gasteiger partial charge < -0.3 is 20.4 Å². The molecule has 0 amide bonds. The lowest BCUT2D eigenvalue weighted by Crippen LogP contribution is -2.47. The number of fused-ring (bicyclic) bond motifs is 1. The summed E-state index contributed by atoms with van der Waals surface area (Å²) in [6, 6.07) is 5.95. The van der Waals surface area contributed by atoms with E-state index in [4.69, 9.17) is 16.3 Å². The van der Waals surface area contributed by atoms with Crippen LogP contribution in [0.1, 0.15) is 31.2 Å². The van der Waals surface area contributed by atoms with Crippen LogP contribution in [0, 0.1) is 5.41 Å². The first-order valence-corrected chi connectivity index (χ1v) is 9.72. The number of ether oxygens (including phenoxy) is 1. The van der Waals surface area contributed by atoms with E-state index in [-0.39, 0.29) is 24.0 Å². The van der Waals surface area contributed by atoms with Crippen LogP contribution in [0.3, 0.4) is 0 Å². The van der Waals surface area contributed by atoms with Crippen molar-refractivity contribution in [1.82, 2.24) is 15.6 Å². The third kappa shape index (κ3) is 5.74. The highest BCUT2D eigenvalue weighted by atomic mass is 127. The van der Waals surface area contributed by atoms with Crippen molar-refractivity contribution >= 4 is 52.4 Å². The molecule has 0 saturated heterocycles. The van der Waals surface area contributed by atoms with Crippen LogP contribution in [0.4, 0.5) is 0 Å². The second-order valence-electron chi connectivity index (χ2n) is 7.20. The third-order valence-corrected chi connectivity index (χ3v) is 5.76. The molecular weight excluding hydrogens is 475 g/mol. The SMILES string of the molecule is CN=C(NCCc1c[nH]c2ccc(Cl)cc12)NCC1(CCOC)CCC1.I. The Morgan fingerprint density at radius 3 is 2.81 bits per heavy atom. The van der Waals surface area contributed by atoms with Crippen molar-refractivity contribution in [3.63, 3.8) is 0 Å². The first-order chi connectivity index (χ1) is 12.7. The fourth-order valence-electron chi connectivity index (χ4n) is 3.68. The third-order valence-electron chi connectivity index (χ3n) is 5.52. The van der Waals surface area contributed by atoms with E-state index in [0.717, 1.165) is 49.0 Å². The molecule has 1 saturated carbocycles. The maximum atomic E-state index is 6.13. The summed E-state index contributed by atoms with van der Waals surface area (Å²) in [5.41, 5.74) is 2.76. The monoisotopic (exact) mass is 504 g/mol. The molecule has 2 aromatic rings. The van der Waals surface area contributed by atoms with Crippen LogP contribution in [0.5, 0.6) is 0 Å². The second-order valence-corrected chi connectivity index (χ2v) is 7.64. The molecule has 7 heteroatoms. The van der Waals surface area contributed by atoms with Gasteiger partial charge in [-0.3, -0.25) is 4.99 Å². The van der Waals surface area contributed by atoms with Crippen LogP contribution >= 0.6 is 35.6 Å². The molecule has 1 heterocycles. The molecule has 1 aromatic carbocycles. The number of guanidine groups is 1. The number of nitrogens with zero attached hydrogens (tertiary/aromatic N) is 1. The zero-order chi connectivity index (χ0) is 18.4. The van der Waals surface area contributed by atoms with Crippen LogP contribution in [0.2, 0.25) is 5.02 Å². The number of aliphatic imine (C=N–C) groups is 1. The van der Waals surface area contributed by atoms with Gasteiger partial charge in [0, 0.05) is 56.0 Å². The summed E-state index contributed by atoms with van der Waals surface area (Å²) < 4.78 is 5.27. The van der Waals surface area contributed by atoms with Crippen LogP contribution in [-0.2, 0) is 11.2 Å². The van der Waals surface area contributed by atoms with E-state index in [1.165, 1.54) is 30.2 Å². The summed E-state index contributed by atoms with van der Waals surface area (Å²) in [6.07, 6.45) is 7.96. The Kier molecular flexibility index (Phi) is 8.69. The van der Waals surface area contributed by atoms with E-state index in [2.05, 4.69) is 26.8 Å². The molecule has 1 fully saturated rings. The highest BCUT2D eigenvalue weighted by Gasteiger charge is 2.36. The topological polar surface area (TPSA) is 61.4 Å². The zero-order valence-electron chi connectivity index (χ0n) is 16.1. The Balaban J connectivity index is 0.00000261. The minimum Gasteiger partial charge on any atom is -0.385 e. The Morgan fingerprint density at radius 1 is 1.33 bits per heavy atom. The number of aromatic nitrogens is 1. The van der Waals surface area contributed by atoms with Gasteiger partial charge in [-0.15, -0.1) is 24.0 Å². The first-order valence-electron chi connectivity index (χ1n) is 9.35. The van der Waals surface area contributed by atoms with Crippen molar-refractivity contribution in [3.05, 3.63) is 35.0 Å². The Hall–Kier alpha value is -0.990. The molecule has 3 rings (SSSR count). The van der Waals surface area contributed by atoms with E-state index in [9.17, 15) is 0 Å². The number of nitrogens with one attached hydrogen (secondary N) is 3. The van der Waals surface area contributed by atoms with Crippen LogP contribution in [0.15, 0.2) is 29.4 Å². The van der Waals surface area contributed by atoms with Gasteiger partial charge in [0.25, 0.3) is 0 Å². The van der Waals surface area contributed by atoms with Crippen molar-refractivity contribution in [3.8, 4) is 0 Å². The number of benzene rings is 1. The molecule has 0 atom stereocenters.